The normalized spacial score (nSPS) is 15.7. The molecule has 1 aromatic rings. The van der Waals surface area contributed by atoms with Gasteiger partial charge in [0.2, 0.25) is 0 Å². The summed E-state index contributed by atoms with van der Waals surface area (Å²) in [5.74, 6) is 0.943. The van der Waals surface area contributed by atoms with Gasteiger partial charge in [-0.2, -0.15) is 0 Å². The maximum atomic E-state index is 5.82. The highest BCUT2D eigenvalue weighted by Crippen LogP contribution is 2.31. The maximum absolute atomic E-state index is 5.82. The summed E-state index contributed by atoms with van der Waals surface area (Å²) in [5.41, 5.74) is 1.44. The molecule has 0 atom stereocenters. The molecule has 2 rings (SSSR count). The van der Waals surface area contributed by atoms with E-state index in [2.05, 4.69) is 13.5 Å². The molecule has 1 aliphatic heterocycles. The van der Waals surface area contributed by atoms with Crippen molar-refractivity contribution in [1.29, 1.82) is 0 Å². The van der Waals surface area contributed by atoms with Gasteiger partial charge in [0.05, 0.1) is 26.4 Å². The van der Waals surface area contributed by atoms with Gasteiger partial charge in [-0.15, -0.1) is 0 Å². The molecule has 24 heavy (non-hydrogen) atoms. The summed E-state index contributed by atoms with van der Waals surface area (Å²) >= 11 is 0. The molecule has 1 heterocycles. The Labute approximate surface area is 147 Å². The predicted molar refractivity (Wildman–Crippen MR) is 99.5 cm³/mol. The van der Waals surface area contributed by atoms with E-state index in [1.54, 1.807) is 0 Å². The van der Waals surface area contributed by atoms with Crippen molar-refractivity contribution < 1.29 is 14.2 Å². The van der Waals surface area contributed by atoms with Crippen LogP contribution in [0.3, 0.4) is 0 Å². The minimum atomic E-state index is 0.321. The Balaban J connectivity index is 1.39. The summed E-state index contributed by atoms with van der Waals surface area (Å²) in [6.07, 6.45) is 8.98. The first kappa shape index (κ1) is 19.0. The van der Waals surface area contributed by atoms with Gasteiger partial charge >= 0.3 is 0 Å². The molecule has 0 aromatic heterocycles. The Morgan fingerprint density at radius 3 is 2.29 bits per heavy atom. The van der Waals surface area contributed by atoms with Crippen LogP contribution in [0.2, 0.25) is 0 Å². The zero-order valence-corrected chi connectivity index (χ0v) is 15.1. The highest BCUT2D eigenvalue weighted by atomic mass is 16.5. The number of hydrogen-bond acceptors (Lipinski definition) is 3. The fourth-order valence-corrected chi connectivity index (χ4v) is 2.80. The van der Waals surface area contributed by atoms with Gasteiger partial charge in [-0.25, -0.2) is 0 Å². The number of hydrogen-bond donors (Lipinski definition) is 0. The zero-order valence-electron chi connectivity index (χ0n) is 15.1. The van der Waals surface area contributed by atoms with Crippen LogP contribution in [0, 0.1) is 5.41 Å². The third kappa shape index (κ3) is 6.29. The van der Waals surface area contributed by atoms with Gasteiger partial charge < -0.3 is 14.2 Å². The van der Waals surface area contributed by atoms with Gasteiger partial charge in [-0.05, 0) is 37.0 Å². The molecule has 0 unspecified atom stereocenters. The van der Waals surface area contributed by atoms with E-state index in [0.717, 1.165) is 63.6 Å². The van der Waals surface area contributed by atoms with Gasteiger partial charge in [0.25, 0.3) is 0 Å². The number of benzene rings is 1. The van der Waals surface area contributed by atoms with E-state index >= 15 is 0 Å². The summed E-state index contributed by atoms with van der Waals surface area (Å²) in [6, 6.07) is 8.07. The zero-order chi connectivity index (χ0) is 17.1. The largest absolute Gasteiger partial charge is 0.494 e. The van der Waals surface area contributed by atoms with Crippen molar-refractivity contribution in [3.05, 3.63) is 36.4 Å². The minimum absolute atomic E-state index is 0.321. The van der Waals surface area contributed by atoms with Crippen LogP contribution in [-0.4, -0.2) is 33.0 Å². The lowest BCUT2D eigenvalue weighted by Crippen LogP contribution is -2.45. The van der Waals surface area contributed by atoms with Crippen LogP contribution in [0.5, 0.6) is 5.75 Å². The van der Waals surface area contributed by atoms with E-state index in [4.69, 9.17) is 14.2 Å². The molecule has 1 aromatic carbocycles. The topological polar surface area (TPSA) is 27.7 Å². The monoisotopic (exact) mass is 332 g/mol. The van der Waals surface area contributed by atoms with E-state index < -0.39 is 0 Å². The van der Waals surface area contributed by atoms with Gasteiger partial charge in [-0.1, -0.05) is 51.0 Å². The molecule has 134 valence electrons. The second-order valence-electron chi connectivity index (χ2n) is 6.79. The molecule has 0 radical (unpaired) electrons. The molecule has 0 aliphatic carbocycles. The first-order chi connectivity index (χ1) is 11.8. The Morgan fingerprint density at radius 2 is 1.71 bits per heavy atom. The standard InChI is InChI=1S/C21H32O3/c1-3-19-10-12-20(13-11-19)24-15-9-7-5-6-8-14-22-16-21(4-2)17-23-18-21/h3,10-13H,1,4-9,14-18H2,2H3. The molecular weight excluding hydrogens is 300 g/mol. The van der Waals surface area contributed by atoms with Crippen molar-refractivity contribution >= 4 is 6.08 Å². The minimum Gasteiger partial charge on any atom is -0.494 e. The second-order valence-corrected chi connectivity index (χ2v) is 6.79. The first-order valence-corrected chi connectivity index (χ1v) is 9.29. The van der Waals surface area contributed by atoms with Crippen molar-refractivity contribution in [1.82, 2.24) is 0 Å². The van der Waals surface area contributed by atoms with Crippen LogP contribution in [0.25, 0.3) is 6.08 Å². The van der Waals surface area contributed by atoms with E-state index in [-0.39, 0.29) is 0 Å². The average Bonchev–Trinajstić information content (AvgIpc) is 2.59. The van der Waals surface area contributed by atoms with Gasteiger partial charge in [0.1, 0.15) is 5.75 Å². The van der Waals surface area contributed by atoms with E-state index in [9.17, 15) is 0 Å². The van der Waals surface area contributed by atoms with Crippen LogP contribution < -0.4 is 4.74 Å². The van der Waals surface area contributed by atoms with Crippen LogP contribution in [-0.2, 0) is 9.47 Å². The van der Waals surface area contributed by atoms with Crippen molar-refractivity contribution in [3.63, 3.8) is 0 Å². The SMILES string of the molecule is C=Cc1ccc(OCCCCCCCOCC2(CC)COC2)cc1. The molecular formula is C21H32O3. The number of unbranched alkanes of at least 4 members (excludes halogenated alkanes) is 4. The number of ether oxygens (including phenoxy) is 3. The summed E-state index contributed by atoms with van der Waals surface area (Å²) in [5, 5.41) is 0. The molecule has 0 spiro atoms. The maximum Gasteiger partial charge on any atom is 0.119 e. The van der Waals surface area contributed by atoms with E-state index in [0.29, 0.717) is 5.41 Å². The van der Waals surface area contributed by atoms with Crippen molar-refractivity contribution in [2.24, 2.45) is 5.41 Å². The highest BCUT2D eigenvalue weighted by molar-refractivity contribution is 5.48. The Hall–Kier alpha value is -1.32. The Kier molecular flexibility index (Phi) is 8.34. The Morgan fingerprint density at radius 1 is 1.04 bits per heavy atom. The second kappa shape index (κ2) is 10.5. The number of rotatable bonds is 13. The van der Waals surface area contributed by atoms with Crippen LogP contribution in [0.1, 0.15) is 51.0 Å². The quantitative estimate of drug-likeness (QED) is 0.470. The molecule has 0 N–H and O–H groups in total. The van der Waals surface area contributed by atoms with Crippen molar-refractivity contribution in [2.45, 2.75) is 45.4 Å². The third-order valence-electron chi connectivity index (χ3n) is 4.79. The van der Waals surface area contributed by atoms with Gasteiger partial charge in [0, 0.05) is 12.0 Å². The van der Waals surface area contributed by atoms with E-state index in [1.165, 1.54) is 19.3 Å². The van der Waals surface area contributed by atoms with Crippen LogP contribution in [0.4, 0.5) is 0 Å². The molecule has 0 saturated carbocycles. The lowest BCUT2D eigenvalue weighted by molar-refractivity contribution is -0.150. The molecule has 1 aliphatic rings. The smallest absolute Gasteiger partial charge is 0.119 e. The predicted octanol–water partition coefficient (Wildman–Crippen LogP) is 5.10. The third-order valence-corrected chi connectivity index (χ3v) is 4.79. The lowest BCUT2D eigenvalue weighted by Gasteiger charge is -2.40. The Bertz CT molecular complexity index is 457. The van der Waals surface area contributed by atoms with Gasteiger partial charge in [-0.3, -0.25) is 0 Å². The molecule has 3 heteroatoms. The first-order valence-electron chi connectivity index (χ1n) is 9.29. The lowest BCUT2D eigenvalue weighted by atomic mass is 9.84. The van der Waals surface area contributed by atoms with Crippen molar-refractivity contribution in [3.8, 4) is 5.75 Å². The van der Waals surface area contributed by atoms with E-state index in [1.807, 2.05) is 30.3 Å². The summed E-state index contributed by atoms with van der Waals surface area (Å²) < 4.78 is 16.9. The molecule has 1 fully saturated rings. The summed E-state index contributed by atoms with van der Waals surface area (Å²) in [7, 11) is 0. The van der Waals surface area contributed by atoms with Crippen LogP contribution >= 0.6 is 0 Å². The molecule has 0 amide bonds. The molecule has 0 bridgehead atoms. The molecule has 3 nitrogen and oxygen atoms in total. The fraction of sp³-hybridized carbons (Fsp3) is 0.619. The average molecular weight is 332 g/mol. The fourth-order valence-electron chi connectivity index (χ4n) is 2.80. The van der Waals surface area contributed by atoms with Crippen molar-refractivity contribution in [2.75, 3.05) is 33.0 Å². The molecule has 1 saturated heterocycles. The highest BCUT2D eigenvalue weighted by Gasteiger charge is 2.36. The summed E-state index contributed by atoms with van der Waals surface area (Å²) in [6.45, 7) is 10.3. The summed E-state index contributed by atoms with van der Waals surface area (Å²) in [4.78, 5) is 0. The van der Waals surface area contributed by atoms with Crippen LogP contribution in [0.15, 0.2) is 30.8 Å². The van der Waals surface area contributed by atoms with Gasteiger partial charge in [0.15, 0.2) is 0 Å².